The fraction of sp³-hybridized carbons (Fsp3) is 0.300. The van der Waals surface area contributed by atoms with Gasteiger partial charge in [-0.2, -0.15) is 5.10 Å². The number of H-pyrrole nitrogens is 1. The van der Waals surface area contributed by atoms with Crippen molar-refractivity contribution in [2.45, 2.75) is 19.1 Å². The largest absolute Gasteiger partial charge is 0.488 e. The Bertz CT molecular complexity index is 998. The number of rotatable bonds is 6. The van der Waals surface area contributed by atoms with E-state index in [9.17, 15) is 9.18 Å². The highest BCUT2D eigenvalue weighted by Crippen LogP contribution is 2.26. The van der Waals surface area contributed by atoms with Crippen molar-refractivity contribution in [3.8, 4) is 5.75 Å². The third kappa shape index (κ3) is 3.77. The molecule has 7 nitrogen and oxygen atoms in total. The predicted molar refractivity (Wildman–Crippen MR) is 103 cm³/mol. The maximum absolute atomic E-state index is 13.8. The normalized spacial score (nSPS) is 16.3. The van der Waals surface area contributed by atoms with Crippen molar-refractivity contribution >= 4 is 22.5 Å². The Hall–Kier alpha value is -3.13. The molecule has 1 aliphatic heterocycles. The molecule has 3 N–H and O–H groups in total. The van der Waals surface area contributed by atoms with Crippen molar-refractivity contribution in [2.75, 3.05) is 25.6 Å². The minimum atomic E-state index is -0.320. The van der Waals surface area contributed by atoms with Crippen molar-refractivity contribution in [1.82, 2.24) is 15.5 Å². The van der Waals surface area contributed by atoms with Gasteiger partial charge in [0.2, 0.25) is 0 Å². The third-order valence-corrected chi connectivity index (χ3v) is 4.69. The van der Waals surface area contributed by atoms with Crippen LogP contribution in [0.25, 0.3) is 10.9 Å². The third-order valence-electron chi connectivity index (χ3n) is 4.69. The van der Waals surface area contributed by atoms with Gasteiger partial charge in [0.05, 0.1) is 18.7 Å². The van der Waals surface area contributed by atoms with Gasteiger partial charge in [0.15, 0.2) is 5.69 Å². The van der Waals surface area contributed by atoms with Gasteiger partial charge in [-0.25, -0.2) is 4.39 Å². The summed E-state index contributed by atoms with van der Waals surface area (Å²) in [4.78, 5) is 11.9. The van der Waals surface area contributed by atoms with Gasteiger partial charge >= 0.3 is 0 Å². The molecule has 2 heterocycles. The second-order valence-electron chi connectivity index (χ2n) is 6.62. The Labute approximate surface area is 161 Å². The van der Waals surface area contributed by atoms with Crippen LogP contribution in [-0.4, -0.2) is 42.5 Å². The number of carbonyl (C=O) groups excluding carboxylic acids is 1. The van der Waals surface area contributed by atoms with E-state index in [-0.39, 0.29) is 17.8 Å². The topological polar surface area (TPSA) is 88.3 Å². The van der Waals surface area contributed by atoms with Crippen LogP contribution in [0.15, 0.2) is 36.4 Å². The fourth-order valence-corrected chi connectivity index (χ4v) is 3.20. The lowest BCUT2D eigenvalue weighted by Gasteiger charge is -2.16. The molecule has 4 rings (SSSR count). The summed E-state index contributed by atoms with van der Waals surface area (Å²) in [5.74, 6) is 0.0573. The zero-order chi connectivity index (χ0) is 19.5. The molecule has 0 spiro atoms. The Morgan fingerprint density at radius 3 is 3.04 bits per heavy atom. The van der Waals surface area contributed by atoms with Gasteiger partial charge in [-0.15, -0.1) is 0 Å². The number of aromatic nitrogens is 2. The first-order chi connectivity index (χ1) is 13.6. The molecule has 1 saturated heterocycles. The number of hydrogen-bond donors (Lipinski definition) is 3. The van der Waals surface area contributed by atoms with Crippen LogP contribution < -0.4 is 15.4 Å². The van der Waals surface area contributed by atoms with E-state index in [1.807, 2.05) is 18.2 Å². The summed E-state index contributed by atoms with van der Waals surface area (Å²) in [7, 11) is 1.56. The van der Waals surface area contributed by atoms with Crippen molar-refractivity contribution in [3.63, 3.8) is 0 Å². The average Bonchev–Trinajstić information content (AvgIpc) is 3.37. The highest BCUT2D eigenvalue weighted by molar-refractivity contribution is 6.05. The first-order valence-corrected chi connectivity index (χ1v) is 9.11. The van der Waals surface area contributed by atoms with Crippen LogP contribution in [0.1, 0.15) is 22.5 Å². The van der Waals surface area contributed by atoms with E-state index >= 15 is 0 Å². The molecule has 28 heavy (non-hydrogen) atoms. The number of nitrogens with one attached hydrogen (secondary N) is 3. The molecule has 0 radical (unpaired) electrons. The average molecular weight is 384 g/mol. The van der Waals surface area contributed by atoms with E-state index in [1.54, 1.807) is 13.1 Å². The van der Waals surface area contributed by atoms with E-state index in [0.29, 0.717) is 42.2 Å². The Balaban J connectivity index is 1.54. The fourth-order valence-electron chi connectivity index (χ4n) is 3.20. The van der Waals surface area contributed by atoms with Gasteiger partial charge in [0.1, 0.15) is 17.7 Å². The molecular weight excluding hydrogens is 363 g/mol. The number of hydrogen-bond acceptors (Lipinski definition) is 5. The van der Waals surface area contributed by atoms with Gasteiger partial charge in [0, 0.05) is 36.7 Å². The van der Waals surface area contributed by atoms with Crippen LogP contribution in [0.4, 0.5) is 10.1 Å². The number of ether oxygens (including phenoxy) is 2. The van der Waals surface area contributed by atoms with Crippen molar-refractivity contribution in [3.05, 3.63) is 53.5 Å². The number of nitrogens with zero attached hydrogens (tertiary/aromatic N) is 1. The first kappa shape index (κ1) is 18.2. The number of benzene rings is 2. The second-order valence-corrected chi connectivity index (χ2v) is 6.62. The van der Waals surface area contributed by atoms with Crippen molar-refractivity contribution in [1.29, 1.82) is 0 Å². The number of fused-ring (bicyclic) bond motifs is 1. The maximum atomic E-state index is 13.8. The molecule has 0 saturated carbocycles. The highest BCUT2D eigenvalue weighted by atomic mass is 19.1. The van der Waals surface area contributed by atoms with Crippen LogP contribution in [-0.2, 0) is 11.3 Å². The Morgan fingerprint density at radius 1 is 1.36 bits per heavy atom. The smallest absolute Gasteiger partial charge is 0.272 e. The van der Waals surface area contributed by atoms with Crippen molar-refractivity contribution < 1.29 is 18.7 Å². The minimum Gasteiger partial charge on any atom is -0.488 e. The van der Waals surface area contributed by atoms with E-state index < -0.39 is 0 Å². The zero-order valence-electron chi connectivity index (χ0n) is 15.4. The summed E-state index contributed by atoms with van der Waals surface area (Å²) in [6.07, 6.45) is 0.811. The molecule has 1 unspecified atom stereocenters. The Kier molecular flexibility index (Phi) is 5.12. The number of amides is 1. The lowest BCUT2D eigenvalue weighted by molar-refractivity contribution is 0.0959. The molecular formula is C20H21FN4O3. The number of halogens is 1. The van der Waals surface area contributed by atoms with E-state index in [4.69, 9.17) is 9.47 Å². The number of carbonyl (C=O) groups is 1. The van der Waals surface area contributed by atoms with Gasteiger partial charge < -0.3 is 20.1 Å². The number of aromatic amines is 1. The number of anilines is 1. The first-order valence-electron chi connectivity index (χ1n) is 9.11. The molecule has 8 heteroatoms. The summed E-state index contributed by atoms with van der Waals surface area (Å²) >= 11 is 0. The molecule has 0 aliphatic carbocycles. The summed E-state index contributed by atoms with van der Waals surface area (Å²) in [5.41, 5.74) is 2.60. The molecule has 1 fully saturated rings. The molecule has 0 bridgehead atoms. The van der Waals surface area contributed by atoms with E-state index in [0.717, 1.165) is 17.6 Å². The van der Waals surface area contributed by atoms with Crippen LogP contribution in [0.2, 0.25) is 0 Å². The quantitative estimate of drug-likeness (QED) is 0.608. The molecule has 146 valence electrons. The van der Waals surface area contributed by atoms with Crippen LogP contribution in [0.3, 0.4) is 0 Å². The summed E-state index contributed by atoms with van der Waals surface area (Å²) in [6.45, 7) is 1.60. The van der Waals surface area contributed by atoms with Gasteiger partial charge in [0.25, 0.3) is 5.91 Å². The zero-order valence-corrected chi connectivity index (χ0v) is 15.4. The molecule has 1 amide bonds. The van der Waals surface area contributed by atoms with E-state index in [2.05, 4.69) is 20.8 Å². The molecule has 3 aromatic rings. The lowest BCUT2D eigenvalue weighted by Crippen LogP contribution is -2.18. The summed E-state index contributed by atoms with van der Waals surface area (Å²) in [6, 6.07) is 10.1. The summed E-state index contributed by atoms with van der Waals surface area (Å²) in [5, 5.41) is 13.5. The van der Waals surface area contributed by atoms with Crippen molar-refractivity contribution in [2.24, 2.45) is 0 Å². The monoisotopic (exact) mass is 384 g/mol. The molecule has 1 aliphatic rings. The lowest BCUT2D eigenvalue weighted by atomic mass is 10.1. The van der Waals surface area contributed by atoms with Crippen LogP contribution >= 0.6 is 0 Å². The van der Waals surface area contributed by atoms with Gasteiger partial charge in [-0.3, -0.25) is 9.89 Å². The SMILES string of the molecule is CNC(=O)c1n[nH]c2ccc(NCc3cc(F)ccc3OC3CCOC3)cc12. The highest BCUT2D eigenvalue weighted by Gasteiger charge is 2.19. The molecule has 1 aromatic heterocycles. The van der Waals surface area contributed by atoms with Gasteiger partial charge in [-0.05, 0) is 36.4 Å². The van der Waals surface area contributed by atoms with E-state index in [1.165, 1.54) is 12.1 Å². The minimum absolute atomic E-state index is 0.0124. The van der Waals surface area contributed by atoms with Gasteiger partial charge in [-0.1, -0.05) is 0 Å². The predicted octanol–water partition coefficient (Wildman–Crippen LogP) is 2.84. The molecule has 2 aromatic carbocycles. The summed E-state index contributed by atoms with van der Waals surface area (Å²) < 4.78 is 25.1. The van der Waals surface area contributed by atoms with Crippen LogP contribution in [0.5, 0.6) is 5.75 Å². The standard InChI is InChI=1S/C20H21FN4O3/c1-22-20(26)19-16-9-14(3-4-17(16)24-25-19)23-10-12-8-13(21)2-5-18(12)28-15-6-7-27-11-15/h2-5,8-9,15,23H,6-7,10-11H2,1H3,(H,22,26)(H,24,25). The second kappa shape index (κ2) is 7.85. The Morgan fingerprint density at radius 2 is 2.25 bits per heavy atom. The maximum Gasteiger partial charge on any atom is 0.272 e. The molecule has 1 atom stereocenters. The van der Waals surface area contributed by atoms with Crippen LogP contribution in [0, 0.1) is 5.82 Å².